The van der Waals surface area contributed by atoms with E-state index in [1.807, 2.05) is 59.6 Å². The highest BCUT2D eigenvalue weighted by Crippen LogP contribution is 2.31. The molecule has 1 aliphatic heterocycles. The third-order valence-electron chi connectivity index (χ3n) is 3.50. The van der Waals surface area contributed by atoms with Crippen molar-refractivity contribution in [2.75, 3.05) is 17.8 Å². The molecule has 109 valence electrons. The molecule has 21 heavy (non-hydrogen) atoms. The van der Waals surface area contributed by atoms with Crippen LogP contribution < -0.4 is 5.01 Å². The number of benzene rings is 2. The molecule has 1 heterocycles. The second-order valence-electron chi connectivity index (χ2n) is 5.08. The van der Waals surface area contributed by atoms with Gasteiger partial charge in [-0.3, -0.25) is 5.01 Å². The first-order valence-electron chi connectivity index (χ1n) is 6.80. The van der Waals surface area contributed by atoms with Gasteiger partial charge in [0.05, 0.1) is 18.5 Å². The summed E-state index contributed by atoms with van der Waals surface area (Å²) < 4.78 is 25.7. The molecule has 0 saturated heterocycles. The van der Waals surface area contributed by atoms with Gasteiger partial charge >= 0.3 is 0 Å². The zero-order chi connectivity index (χ0) is 14.9. The SMILES string of the molecule is CS(=O)(=O)N([CH]c1ccccc1)N1CCc2ccccc21. The van der Waals surface area contributed by atoms with Crippen molar-refractivity contribution in [1.82, 2.24) is 4.41 Å². The van der Waals surface area contributed by atoms with E-state index in [-0.39, 0.29) is 0 Å². The lowest BCUT2D eigenvalue weighted by molar-refractivity contribution is 0.460. The van der Waals surface area contributed by atoms with Crippen molar-refractivity contribution >= 4 is 15.7 Å². The van der Waals surface area contributed by atoms with Gasteiger partial charge in [-0.15, -0.1) is 4.41 Å². The van der Waals surface area contributed by atoms with Crippen LogP contribution in [0.2, 0.25) is 0 Å². The van der Waals surface area contributed by atoms with Gasteiger partial charge in [-0.05, 0) is 23.6 Å². The van der Waals surface area contributed by atoms with Crippen molar-refractivity contribution in [2.24, 2.45) is 0 Å². The fourth-order valence-electron chi connectivity index (χ4n) is 2.54. The lowest BCUT2D eigenvalue weighted by atomic mass is 10.2. The first kappa shape index (κ1) is 14.1. The number of para-hydroxylation sites is 1. The number of hydrazine groups is 1. The molecule has 0 fully saturated rings. The lowest BCUT2D eigenvalue weighted by Crippen LogP contribution is -2.43. The molecular formula is C16H17N2O2S. The summed E-state index contributed by atoms with van der Waals surface area (Å²) in [6.45, 7) is 2.33. The van der Waals surface area contributed by atoms with Crippen LogP contribution in [0.3, 0.4) is 0 Å². The predicted molar refractivity (Wildman–Crippen MR) is 84.0 cm³/mol. The highest BCUT2D eigenvalue weighted by molar-refractivity contribution is 7.88. The van der Waals surface area contributed by atoms with E-state index in [9.17, 15) is 8.42 Å². The number of rotatable bonds is 4. The number of hydrogen-bond donors (Lipinski definition) is 0. The van der Waals surface area contributed by atoms with E-state index >= 15 is 0 Å². The predicted octanol–water partition coefficient (Wildman–Crippen LogP) is 2.44. The fraction of sp³-hybridized carbons (Fsp3) is 0.188. The number of nitrogens with zero attached hydrogens (tertiary/aromatic N) is 2. The van der Waals surface area contributed by atoms with Crippen molar-refractivity contribution in [2.45, 2.75) is 6.42 Å². The molecule has 0 amide bonds. The van der Waals surface area contributed by atoms with Crippen LogP contribution in [0.25, 0.3) is 0 Å². The molecule has 2 aromatic rings. The first-order chi connectivity index (χ1) is 10.1. The van der Waals surface area contributed by atoms with Crippen LogP contribution in [0.4, 0.5) is 5.69 Å². The molecule has 0 aliphatic carbocycles. The molecule has 1 aliphatic rings. The Kier molecular flexibility index (Phi) is 3.69. The Morgan fingerprint density at radius 1 is 1.05 bits per heavy atom. The molecule has 0 bridgehead atoms. The van der Waals surface area contributed by atoms with Crippen LogP contribution in [0.1, 0.15) is 11.1 Å². The van der Waals surface area contributed by atoms with Gasteiger partial charge in [-0.2, -0.15) is 0 Å². The summed E-state index contributed by atoms with van der Waals surface area (Å²) in [5.74, 6) is 0. The summed E-state index contributed by atoms with van der Waals surface area (Å²) in [6.07, 6.45) is 2.08. The molecule has 0 spiro atoms. The third kappa shape index (κ3) is 2.94. The van der Waals surface area contributed by atoms with Gasteiger partial charge < -0.3 is 0 Å². The zero-order valence-corrected chi connectivity index (χ0v) is 12.6. The molecule has 0 N–H and O–H groups in total. The minimum absolute atomic E-state index is 0.662. The maximum atomic E-state index is 12.2. The lowest BCUT2D eigenvalue weighted by Gasteiger charge is -2.31. The maximum Gasteiger partial charge on any atom is 0.228 e. The van der Waals surface area contributed by atoms with Gasteiger partial charge in [0, 0.05) is 6.54 Å². The number of anilines is 1. The van der Waals surface area contributed by atoms with Crippen LogP contribution >= 0.6 is 0 Å². The van der Waals surface area contributed by atoms with Gasteiger partial charge in [0.25, 0.3) is 0 Å². The summed E-state index contributed by atoms with van der Waals surface area (Å²) in [6, 6.07) is 17.4. The van der Waals surface area contributed by atoms with Crippen LogP contribution in [-0.2, 0) is 16.4 Å². The summed E-state index contributed by atoms with van der Waals surface area (Å²) in [5, 5.41) is 1.82. The summed E-state index contributed by atoms with van der Waals surface area (Å²) in [5.41, 5.74) is 2.98. The average molecular weight is 301 g/mol. The van der Waals surface area contributed by atoms with E-state index in [2.05, 4.69) is 0 Å². The average Bonchev–Trinajstić information content (AvgIpc) is 2.88. The van der Waals surface area contributed by atoms with Crippen molar-refractivity contribution in [3.8, 4) is 0 Å². The van der Waals surface area contributed by atoms with Gasteiger partial charge in [-0.25, -0.2) is 8.42 Å². The second kappa shape index (κ2) is 5.50. The summed E-state index contributed by atoms with van der Waals surface area (Å²) in [4.78, 5) is 0. The quantitative estimate of drug-likeness (QED) is 0.871. The number of fused-ring (bicyclic) bond motifs is 1. The van der Waals surface area contributed by atoms with Crippen LogP contribution in [0.5, 0.6) is 0 Å². The van der Waals surface area contributed by atoms with E-state index < -0.39 is 10.0 Å². The molecule has 4 nitrogen and oxygen atoms in total. The maximum absolute atomic E-state index is 12.2. The van der Waals surface area contributed by atoms with Crippen LogP contribution in [0.15, 0.2) is 54.6 Å². The van der Waals surface area contributed by atoms with Crippen molar-refractivity contribution in [3.63, 3.8) is 0 Å². The third-order valence-corrected chi connectivity index (χ3v) is 4.48. The second-order valence-corrected chi connectivity index (χ2v) is 6.92. The Morgan fingerprint density at radius 2 is 1.71 bits per heavy atom. The summed E-state index contributed by atoms with van der Waals surface area (Å²) >= 11 is 0. The Labute approximate surface area is 125 Å². The molecule has 3 rings (SSSR count). The largest absolute Gasteiger partial charge is 0.291 e. The van der Waals surface area contributed by atoms with Gasteiger partial charge in [-0.1, -0.05) is 48.5 Å². The molecule has 0 atom stereocenters. The molecule has 5 heteroatoms. The highest BCUT2D eigenvalue weighted by atomic mass is 32.2. The molecular weight excluding hydrogens is 284 g/mol. The van der Waals surface area contributed by atoms with Gasteiger partial charge in [0.1, 0.15) is 0 Å². The van der Waals surface area contributed by atoms with E-state index in [0.717, 1.165) is 17.7 Å². The van der Waals surface area contributed by atoms with E-state index in [0.29, 0.717) is 6.54 Å². The number of hydrogen-bond acceptors (Lipinski definition) is 3. The van der Waals surface area contributed by atoms with Gasteiger partial charge in [0.15, 0.2) is 0 Å². The van der Waals surface area contributed by atoms with Crippen molar-refractivity contribution < 1.29 is 8.42 Å². The Balaban J connectivity index is 1.95. The number of sulfonamides is 1. The molecule has 0 aromatic heterocycles. The van der Waals surface area contributed by atoms with E-state index in [4.69, 9.17) is 0 Å². The van der Waals surface area contributed by atoms with Crippen molar-refractivity contribution in [1.29, 1.82) is 0 Å². The van der Waals surface area contributed by atoms with Gasteiger partial charge in [0.2, 0.25) is 10.0 Å². The standard InChI is InChI=1S/C16H17N2O2S/c1-21(19,20)18(13-14-7-3-2-4-8-14)17-12-11-15-9-5-6-10-16(15)17/h2-10,13H,11-12H2,1H3. The van der Waals surface area contributed by atoms with Crippen LogP contribution in [0, 0.1) is 6.54 Å². The minimum atomic E-state index is -3.39. The smallest absolute Gasteiger partial charge is 0.228 e. The molecule has 1 radical (unpaired) electrons. The fourth-order valence-corrected chi connectivity index (χ4v) is 3.38. The minimum Gasteiger partial charge on any atom is -0.291 e. The van der Waals surface area contributed by atoms with E-state index in [1.165, 1.54) is 16.2 Å². The monoisotopic (exact) mass is 301 g/mol. The van der Waals surface area contributed by atoms with Crippen LogP contribution in [-0.4, -0.2) is 25.6 Å². The van der Waals surface area contributed by atoms with E-state index in [1.54, 1.807) is 6.54 Å². The Bertz CT molecular complexity index is 729. The topological polar surface area (TPSA) is 40.6 Å². The first-order valence-corrected chi connectivity index (χ1v) is 8.65. The molecule has 0 saturated carbocycles. The molecule has 2 aromatic carbocycles. The van der Waals surface area contributed by atoms with Crippen molar-refractivity contribution in [3.05, 3.63) is 72.3 Å². The Hall–Kier alpha value is -1.85. The zero-order valence-electron chi connectivity index (χ0n) is 11.8. The Morgan fingerprint density at radius 3 is 2.43 bits per heavy atom. The normalized spacial score (nSPS) is 14.5. The highest BCUT2D eigenvalue weighted by Gasteiger charge is 2.30. The molecule has 0 unspecified atom stereocenters. The summed E-state index contributed by atoms with van der Waals surface area (Å²) in [7, 11) is -3.39.